The summed E-state index contributed by atoms with van der Waals surface area (Å²) in [6, 6.07) is 1.69. The van der Waals surface area contributed by atoms with E-state index in [1.54, 1.807) is 12.3 Å². The van der Waals surface area contributed by atoms with Crippen LogP contribution in [0.1, 0.15) is 25.0 Å². The van der Waals surface area contributed by atoms with Gasteiger partial charge in [0.25, 0.3) is 0 Å². The van der Waals surface area contributed by atoms with Crippen LogP contribution in [0.25, 0.3) is 0 Å². The molecule has 17 heavy (non-hydrogen) atoms. The maximum atomic E-state index is 10.6. The molecule has 1 aromatic heterocycles. The number of aromatic nitrogens is 1. The van der Waals surface area contributed by atoms with Gasteiger partial charge in [0, 0.05) is 35.9 Å². The molecule has 0 bridgehead atoms. The molecule has 1 aromatic rings. The normalized spacial score (nSPS) is 14.1. The number of hydrogen-bond donors (Lipinski definition) is 3. The van der Waals surface area contributed by atoms with Crippen LogP contribution in [-0.2, 0) is 4.79 Å². The van der Waals surface area contributed by atoms with Gasteiger partial charge in [0.2, 0.25) is 5.91 Å². The smallest absolute Gasteiger partial charge is 0.216 e. The van der Waals surface area contributed by atoms with Crippen LogP contribution in [0.2, 0.25) is 0 Å². The molecule has 0 spiro atoms. The zero-order valence-electron chi connectivity index (χ0n) is 9.43. The number of rotatable bonds is 5. The van der Waals surface area contributed by atoms with E-state index in [4.69, 9.17) is 0 Å². The van der Waals surface area contributed by atoms with Crippen LogP contribution in [0.3, 0.4) is 0 Å². The first-order valence-electron chi connectivity index (χ1n) is 5.21. The SMILES string of the molecule is CC(=O)NCCC(O)C(O)c1cncc(Br)c1. The number of carbonyl (C=O) groups excluding carboxylic acids is 1. The van der Waals surface area contributed by atoms with Crippen molar-refractivity contribution in [2.24, 2.45) is 0 Å². The highest BCUT2D eigenvalue weighted by atomic mass is 79.9. The van der Waals surface area contributed by atoms with Crippen LogP contribution in [0.5, 0.6) is 0 Å². The largest absolute Gasteiger partial charge is 0.390 e. The van der Waals surface area contributed by atoms with E-state index >= 15 is 0 Å². The molecule has 0 aliphatic heterocycles. The van der Waals surface area contributed by atoms with Crippen LogP contribution in [-0.4, -0.2) is 33.8 Å². The Morgan fingerprint density at radius 2 is 2.24 bits per heavy atom. The molecule has 1 amide bonds. The summed E-state index contributed by atoms with van der Waals surface area (Å²) in [5, 5.41) is 22.1. The van der Waals surface area contributed by atoms with Gasteiger partial charge in [-0.05, 0) is 28.4 Å². The Labute approximate surface area is 108 Å². The molecule has 94 valence electrons. The molecule has 2 atom stereocenters. The molecule has 0 saturated heterocycles. The van der Waals surface area contributed by atoms with Crippen molar-refractivity contribution in [3.63, 3.8) is 0 Å². The molecule has 0 aliphatic rings. The van der Waals surface area contributed by atoms with Crippen molar-refractivity contribution in [3.8, 4) is 0 Å². The number of aliphatic hydroxyl groups excluding tert-OH is 2. The topological polar surface area (TPSA) is 82.5 Å². The molecule has 0 fully saturated rings. The molecule has 2 unspecified atom stereocenters. The average molecular weight is 303 g/mol. The Morgan fingerprint density at radius 3 is 2.82 bits per heavy atom. The number of pyridine rings is 1. The number of nitrogens with zero attached hydrogens (tertiary/aromatic N) is 1. The van der Waals surface area contributed by atoms with Gasteiger partial charge in [-0.3, -0.25) is 9.78 Å². The Bertz CT molecular complexity index is 387. The van der Waals surface area contributed by atoms with Gasteiger partial charge in [0.05, 0.1) is 6.10 Å². The van der Waals surface area contributed by atoms with E-state index in [1.807, 2.05) is 0 Å². The summed E-state index contributed by atoms with van der Waals surface area (Å²) in [6.45, 7) is 1.73. The summed E-state index contributed by atoms with van der Waals surface area (Å²) < 4.78 is 0.739. The number of aliphatic hydroxyl groups is 2. The number of hydrogen-bond acceptors (Lipinski definition) is 4. The van der Waals surface area contributed by atoms with E-state index in [9.17, 15) is 15.0 Å². The van der Waals surface area contributed by atoms with Crippen LogP contribution in [0.15, 0.2) is 22.9 Å². The maximum Gasteiger partial charge on any atom is 0.216 e. The van der Waals surface area contributed by atoms with Crippen LogP contribution in [0, 0.1) is 0 Å². The first-order valence-corrected chi connectivity index (χ1v) is 6.01. The minimum Gasteiger partial charge on any atom is -0.390 e. The summed E-state index contributed by atoms with van der Waals surface area (Å²) in [7, 11) is 0. The van der Waals surface area contributed by atoms with Gasteiger partial charge in [-0.2, -0.15) is 0 Å². The van der Waals surface area contributed by atoms with Crippen molar-refractivity contribution >= 4 is 21.8 Å². The summed E-state index contributed by atoms with van der Waals surface area (Å²) in [4.78, 5) is 14.5. The predicted molar refractivity (Wildman–Crippen MR) is 66.2 cm³/mol. The molecule has 0 aliphatic carbocycles. The van der Waals surface area contributed by atoms with Crippen LogP contribution in [0.4, 0.5) is 0 Å². The van der Waals surface area contributed by atoms with Gasteiger partial charge in [0.1, 0.15) is 6.10 Å². The van der Waals surface area contributed by atoms with E-state index in [0.717, 1.165) is 4.47 Å². The standard InChI is InChI=1S/C11H15BrN2O3/c1-7(15)14-3-2-10(16)11(17)8-4-9(12)6-13-5-8/h4-6,10-11,16-17H,2-3H2,1H3,(H,14,15). The fourth-order valence-corrected chi connectivity index (χ4v) is 1.75. The van der Waals surface area contributed by atoms with Crippen molar-refractivity contribution in [2.45, 2.75) is 25.6 Å². The minimum absolute atomic E-state index is 0.157. The molecular formula is C11H15BrN2O3. The van der Waals surface area contributed by atoms with Crippen molar-refractivity contribution in [2.75, 3.05) is 6.54 Å². The summed E-state index contributed by atoms with van der Waals surface area (Å²) in [6.07, 6.45) is 1.44. The van der Waals surface area contributed by atoms with Crippen molar-refractivity contribution < 1.29 is 15.0 Å². The Kier molecular flexibility index (Phi) is 5.54. The zero-order valence-corrected chi connectivity index (χ0v) is 11.0. The number of amides is 1. The third-order valence-corrected chi connectivity index (χ3v) is 2.68. The van der Waals surface area contributed by atoms with E-state index in [0.29, 0.717) is 12.1 Å². The molecular weight excluding hydrogens is 288 g/mol. The monoisotopic (exact) mass is 302 g/mol. The molecule has 0 aromatic carbocycles. The van der Waals surface area contributed by atoms with Crippen LogP contribution < -0.4 is 5.32 Å². The summed E-state index contributed by atoms with van der Waals surface area (Å²) in [5.74, 6) is -0.157. The first-order chi connectivity index (χ1) is 8.00. The molecule has 0 radical (unpaired) electrons. The number of carbonyl (C=O) groups is 1. The summed E-state index contributed by atoms with van der Waals surface area (Å²) >= 11 is 3.24. The second kappa shape index (κ2) is 6.68. The van der Waals surface area contributed by atoms with E-state index in [2.05, 4.69) is 26.2 Å². The molecule has 3 N–H and O–H groups in total. The summed E-state index contributed by atoms with van der Waals surface area (Å²) in [5.41, 5.74) is 0.537. The lowest BCUT2D eigenvalue weighted by Crippen LogP contribution is -2.27. The van der Waals surface area contributed by atoms with E-state index < -0.39 is 12.2 Å². The van der Waals surface area contributed by atoms with E-state index in [1.165, 1.54) is 13.1 Å². The highest BCUT2D eigenvalue weighted by molar-refractivity contribution is 9.10. The van der Waals surface area contributed by atoms with Gasteiger partial charge in [-0.15, -0.1) is 0 Å². The quantitative estimate of drug-likeness (QED) is 0.750. The van der Waals surface area contributed by atoms with Gasteiger partial charge >= 0.3 is 0 Å². The van der Waals surface area contributed by atoms with Crippen molar-refractivity contribution in [1.29, 1.82) is 0 Å². The van der Waals surface area contributed by atoms with Crippen molar-refractivity contribution in [1.82, 2.24) is 10.3 Å². The molecule has 1 rings (SSSR count). The fraction of sp³-hybridized carbons (Fsp3) is 0.455. The van der Waals surface area contributed by atoms with Crippen LogP contribution >= 0.6 is 15.9 Å². The highest BCUT2D eigenvalue weighted by Crippen LogP contribution is 2.20. The predicted octanol–water partition coefficient (Wildman–Crippen LogP) is 0.765. The minimum atomic E-state index is -1.01. The Hall–Kier alpha value is -0.980. The lowest BCUT2D eigenvalue weighted by molar-refractivity contribution is -0.119. The van der Waals surface area contributed by atoms with Gasteiger partial charge < -0.3 is 15.5 Å². The molecule has 5 nitrogen and oxygen atoms in total. The fourth-order valence-electron chi connectivity index (χ4n) is 1.37. The van der Waals surface area contributed by atoms with Crippen molar-refractivity contribution in [3.05, 3.63) is 28.5 Å². The van der Waals surface area contributed by atoms with Gasteiger partial charge in [-0.25, -0.2) is 0 Å². The van der Waals surface area contributed by atoms with E-state index in [-0.39, 0.29) is 12.3 Å². The zero-order chi connectivity index (χ0) is 12.8. The first kappa shape index (κ1) is 14.1. The van der Waals surface area contributed by atoms with Gasteiger partial charge in [0.15, 0.2) is 0 Å². The second-order valence-corrected chi connectivity index (χ2v) is 4.64. The third kappa shape index (κ3) is 4.80. The lowest BCUT2D eigenvalue weighted by Gasteiger charge is -2.18. The highest BCUT2D eigenvalue weighted by Gasteiger charge is 2.18. The molecule has 1 heterocycles. The lowest BCUT2D eigenvalue weighted by atomic mass is 10.0. The maximum absolute atomic E-state index is 10.6. The van der Waals surface area contributed by atoms with Gasteiger partial charge in [-0.1, -0.05) is 0 Å². The second-order valence-electron chi connectivity index (χ2n) is 3.72. The average Bonchev–Trinajstić information content (AvgIpc) is 2.27. The molecule has 0 saturated carbocycles. The number of halogens is 1. The third-order valence-electron chi connectivity index (χ3n) is 2.25. The Morgan fingerprint density at radius 1 is 1.53 bits per heavy atom. The molecule has 6 heteroatoms. The number of nitrogens with one attached hydrogen (secondary N) is 1. The Balaban J connectivity index is 2.51.